The van der Waals surface area contributed by atoms with Crippen molar-refractivity contribution in [2.24, 2.45) is 10.8 Å². The van der Waals surface area contributed by atoms with Gasteiger partial charge in [-0.15, -0.1) is 0 Å². The van der Waals surface area contributed by atoms with Gasteiger partial charge < -0.3 is 19.3 Å². The third kappa shape index (κ3) is 14.4. The quantitative estimate of drug-likeness (QED) is 0.0953. The highest BCUT2D eigenvalue weighted by Gasteiger charge is 2.40. The lowest BCUT2D eigenvalue weighted by Gasteiger charge is -2.39. The monoisotopic (exact) mass is 572 g/mol. The Balaban J connectivity index is 0. The van der Waals surface area contributed by atoms with Gasteiger partial charge in [0.1, 0.15) is 0 Å². The molecule has 0 spiro atoms. The van der Waals surface area contributed by atoms with E-state index in [0.717, 1.165) is 0 Å². The molecule has 230 valence electrons. The molecule has 0 aromatic heterocycles. The fourth-order valence-corrected chi connectivity index (χ4v) is 4.02. The van der Waals surface area contributed by atoms with E-state index in [1.165, 1.54) is 13.8 Å². The molecule has 1 N–H and O–H groups in total. The lowest BCUT2D eigenvalue weighted by atomic mass is 9.70. The van der Waals surface area contributed by atoms with Gasteiger partial charge in [-0.25, -0.2) is 13.2 Å². The first-order chi connectivity index (χ1) is 17.5. The Morgan fingerprint density at radius 2 is 1.18 bits per heavy atom. The van der Waals surface area contributed by atoms with Crippen LogP contribution in [0.1, 0.15) is 102 Å². The van der Waals surface area contributed by atoms with Crippen molar-refractivity contribution in [3.8, 4) is 5.75 Å². The molecule has 39 heavy (non-hydrogen) atoms. The Morgan fingerprint density at radius 1 is 0.795 bits per heavy atom. The van der Waals surface area contributed by atoms with Crippen LogP contribution < -0.4 is 4.74 Å². The molecule has 0 heterocycles. The Labute approximate surface area is 231 Å². The molecule has 0 aliphatic rings. The zero-order valence-electron chi connectivity index (χ0n) is 25.9. The fourth-order valence-electron chi connectivity index (χ4n) is 4.02. The van der Waals surface area contributed by atoms with E-state index in [2.05, 4.69) is 4.74 Å². The Bertz CT molecular complexity index is 877. The van der Waals surface area contributed by atoms with Crippen LogP contribution in [0.3, 0.4) is 0 Å². The molecule has 5 nitrogen and oxygen atoms in total. The molecular weight excluding hydrogens is 523 g/mol. The number of benzene rings is 1. The molecule has 0 radical (unpaired) electrons. The third-order valence-corrected chi connectivity index (χ3v) is 5.42. The maximum atomic E-state index is 13.9. The van der Waals surface area contributed by atoms with Crippen LogP contribution in [0.5, 0.6) is 5.75 Å². The summed E-state index contributed by atoms with van der Waals surface area (Å²) in [5.41, 5.74) is -3.33. The summed E-state index contributed by atoms with van der Waals surface area (Å²) in [4.78, 5) is 12.6. The molecular formula is C29H49F5O5. The average Bonchev–Trinajstić information content (AvgIpc) is 2.78. The van der Waals surface area contributed by atoms with Gasteiger partial charge in [0.2, 0.25) is 34.8 Å². The van der Waals surface area contributed by atoms with Crippen molar-refractivity contribution in [2.45, 2.75) is 120 Å². The smallest absolute Gasteiger partial charge is 0.317 e. The summed E-state index contributed by atoms with van der Waals surface area (Å²) in [6.07, 6.45) is 1.46. The molecule has 0 amide bonds. The van der Waals surface area contributed by atoms with Gasteiger partial charge in [-0.1, -0.05) is 27.7 Å². The van der Waals surface area contributed by atoms with Crippen molar-refractivity contribution < 1.29 is 46.1 Å². The second-order valence-corrected chi connectivity index (χ2v) is 12.1. The SMILES string of the molecule is CC.CC(C)(O)CCOC(C)(C)CC(C)(C)CC(C)(C)C(=O)Oc1c(F)c(F)c(F)c(F)c1F.COC(C)C. The molecule has 0 bridgehead atoms. The van der Waals surface area contributed by atoms with Gasteiger partial charge in [-0.2, -0.15) is 8.78 Å². The zero-order valence-corrected chi connectivity index (χ0v) is 25.9. The van der Waals surface area contributed by atoms with Crippen LogP contribution in [0.25, 0.3) is 0 Å². The van der Waals surface area contributed by atoms with Crippen LogP contribution in [-0.4, -0.2) is 42.1 Å². The van der Waals surface area contributed by atoms with E-state index in [1.807, 2.05) is 55.4 Å². The van der Waals surface area contributed by atoms with Gasteiger partial charge in [-0.3, -0.25) is 4.79 Å². The summed E-state index contributed by atoms with van der Waals surface area (Å²) in [5.74, 6) is -13.9. The summed E-state index contributed by atoms with van der Waals surface area (Å²) in [7, 11) is 1.70. The van der Waals surface area contributed by atoms with Crippen molar-refractivity contribution in [1.82, 2.24) is 0 Å². The number of halogens is 5. The van der Waals surface area contributed by atoms with Crippen LogP contribution in [0.15, 0.2) is 0 Å². The molecule has 10 heteroatoms. The molecule has 1 aromatic rings. The van der Waals surface area contributed by atoms with Crippen molar-refractivity contribution in [3.63, 3.8) is 0 Å². The number of aliphatic hydroxyl groups is 1. The first-order valence-corrected chi connectivity index (χ1v) is 13.1. The van der Waals surface area contributed by atoms with E-state index in [9.17, 15) is 31.9 Å². The van der Waals surface area contributed by atoms with Crippen LogP contribution >= 0.6 is 0 Å². The van der Waals surface area contributed by atoms with E-state index in [-0.39, 0.29) is 6.42 Å². The van der Waals surface area contributed by atoms with Gasteiger partial charge in [0, 0.05) is 7.11 Å². The van der Waals surface area contributed by atoms with E-state index in [4.69, 9.17) is 9.47 Å². The van der Waals surface area contributed by atoms with Gasteiger partial charge in [-0.05, 0) is 80.1 Å². The predicted octanol–water partition coefficient (Wildman–Crippen LogP) is 8.14. The second-order valence-electron chi connectivity index (χ2n) is 12.1. The number of carbonyl (C=O) groups excluding carboxylic acids is 1. The minimum absolute atomic E-state index is 0.173. The van der Waals surface area contributed by atoms with Crippen molar-refractivity contribution in [1.29, 1.82) is 0 Å². The van der Waals surface area contributed by atoms with Gasteiger partial charge in [0.15, 0.2) is 0 Å². The molecule has 1 rings (SSSR count). The number of hydrogen-bond donors (Lipinski definition) is 1. The van der Waals surface area contributed by atoms with E-state index < -0.39 is 62.8 Å². The number of rotatable bonds is 11. The maximum absolute atomic E-state index is 13.9. The summed E-state index contributed by atoms with van der Waals surface area (Å²) < 4.78 is 83.0. The fraction of sp³-hybridized carbons (Fsp3) is 0.759. The molecule has 0 fully saturated rings. The summed E-state index contributed by atoms with van der Waals surface area (Å²) in [6, 6.07) is 0. The van der Waals surface area contributed by atoms with Crippen molar-refractivity contribution >= 4 is 5.97 Å². The van der Waals surface area contributed by atoms with Gasteiger partial charge in [0.05, 0.1) is 29.3 Å². The predicted molar refractivity (Wildman–Crippen MR) is 143 cm³/mol. The third-order valence-electron chi connectivity index (χ3n) is 5.42. The highest BCUT2D eigenvalue weighted by atomic mass is 19.2. The average molecular weight is 573 g/mol. The number of ether oxygens (including phenoxy) is 3. The maximum Gasteiger partial charge on any atom is 0.317 e. The van der Waals surface area contributed by atoms with Gasteiger partial charge >= 0.3 is 5.97 Å². The number of carbonyl (C=O) groups is 1. The minimum Gasteiger partial charge on any atom is -0.420 e. The lowest BCUT2D eigenvalue weighted by Crippen LogP contribution is -2.39. The molecule has 0 aliphatic carbocycles. The Kier molecular flexibility index (Phi) is 16.0. The first kappa shape index (κ1) is 39.4. The standard InChI is InChI=1S/C23H33F5O4.C4H10O.C2H6/c1-20(2,12-23(7,8)31-10-9-22(5,6)30)11-21(3,4)19(29)32-18-16(27)14(25)13(24)15(26)17(18)28;1-4(2)5-3;1-2/h30H,9-12H2,1-8H3;4H,1-3H3;1-2H3. The van der Waals surface area contributed by atoms with Crippen molar-refractivity contribution in [3.05, 3.63) is 29.1 Å². The van der Waals surface area contributed by atoms with Gasteiger partial charge in [0.25, 0.3) is 0 Å². The lowest BCUT2D eigenvalue weighted by molar-refractivity contribution is -0.147. The highest BCUT2D eigenvalue weighted by Crippen LogP contribution is 2.41. The zero-order chi connectivity index (χ0) is 31.6. The normalized spacial score (nSPS) is 12.4. The van der Waals surface area contributed by atoms with Crippen LogP contribution in [0, 0.1) is 39.9 Å². The molecule has 0 saturated carbocycles. The highest BCUT2D eigenvalue weighted by molar-refractivity contribution is 5.78. The van der Waals surface area contributed by atoms with Crippen LogP contribution in [-0.2, 0) is 14.3 Å². The summed E-state index contributed by atoms with van der Waals surface area (Å²) in [5, 5.41) is 9.82. The second kappa shape index (κ2) is 15.9. The largest absolute Gasteiger partial charge is 0.420 e. The minimum atomic E-state index is -2.33. The topological polar surface area (TPSA) is 65.0 Å². The Hall–Kier alpha value is -1.78. The van der Waals surface area contributed by atoms with E-state index >= 15 is 0 Å². The molecule has 0 unspecified atom stereocenters. The van der Waals surface area contributed by atoms with Crippen molar-refractivity contribution in [2.75, 3.05) is 13.7 Å². The number of hydrogen-bond acceptors (Lipinski definition) is 5. The summed E-state index contributed by atoms with van der Waals surface area (Å²) in [6.45, 7) is 22.0. The van der Waals surface area contributed by atoms with Crippen LogP contribution in [0.2, 0.25) is 0 Å². The van der Waals surface area contributed by atoms with Crippen LogP contribution in [0.4, 0.5) is 22.0 Å². The van der Waals surface area contributed by atoms with E-state index in [1.54, 1.807) is 21.0 Å². The van der Waals surface area contributed by atoms with E-state index in [0.29, 0.717) is 25.6 Å². The number of esters is 1. The summed E-state index contributed by atoms with van der Waals surface area (Å²) >= 11 is 0. The molecule has 1 aromatic carbocycles. The molecule has 0 atom stereocenters. The molecule has 0 aliphatic heterocycles. The molecule has 0 saturated heterocycles. The Morgan fingerprint density at radius 3 is 1.54 bits per heavy atom. The first-order valence-electron chi connectivity index (χ1n) is 13.1. The number of methoxy groups -OCH3 is 1.